The van der Waals surface area contributed by atoms with Gasteiger partial charge < -0.3 is 10.0 Å². The average molecular weight is 412 g/mol. The summed E-state index contributed by atoms with van der Waals surface area (Å²) in [5.41, 5.74) is 0. The first-order chi connectivity index (χ1) is 9.11. The highest BCUT2D eigenvalue weighted by Gasteiger charge is 2.22. The van der Waals surface area contributed by atoms with E-state index in [0.717, 1.165) is 45.7 Å². The molecule has 0 bridgehead atoms. The Morgan fingerprint density at radius 3 is 2.74 bits per heavy atom. The molecular formula is C12H16Br2N2O2S. The Kier molecular flexibility index (Phi) is 5.83. The van der Waals surface area contributed by atoms with Crippen LogP contribution >= 0.6 is 43.2 Å². The van der Waals surface area contributed by atoms with Crippen LogP contribution in [0.15, 0.2) is 14.3 Å². The molecule has 19 heavy (non-hydrogen) atoms. The van der Waals surface area contributed by atoms with Crippen molar-refractivity contribution < 1.29 is 9.90 Å². The Bertz CT molecular complexity index is 433. The van der Waals surface area contributed by atoms with Crippen LogP contribution in [0.4, 0.5) is 0 Å². The molecule has 0 unspecified atom stereocenters. The van der Waals surface area contributed by atoms with E-state index in [0.29, 0.717) is 6.54 Å². The van der Waals surface area contributed by atoms with Crippen LogP contribution in [0, 0.1) is 0 Å². The molecule has 0 radical (unpaired) electrons. The van der Waals surface area contributed by atoms with Gasteiger partial charge in [0.1, 0.15) is 0 Å². The van der Waals surface area contributed by atoms with E-state index in [1.165, 1.54) is 11.3 Å². The summed E-state index contributed by atoms with van der Waals surface area (Å²) >= 11 is 8.29. The quantitative estimate of drug-likeness (QED) is 0.830. The third-order valence-electron chi connectivity index (χ3n) is 3.15. The lowest BCUT2D eigenvalue weighted by Crippen LogP contribution is -2.35. The van der Waals surface area contributed by atoms with Crippen molar-refractivity contribution in [3.8, 4) is 0 Å². The molecule has 0 spiro atoms. The summed E-state index contributed by atoms with van der Waals surface area (Å²) in [5, 5.41) is 8.97. The zero-order valence-electron chi connectivity index (χ0n) is 10.4. The van der Waals surface area contributed by atoms with Crippen molar-refractivity contribution >= 4 is 49.1 Å². The number of hydrogen-bond acceptors (Lipinski definition) is 4. The van der Waals surface area contributed by atoms with Crippen molar-refractivity contribution in [1.29, 1.82) is 0 Å². The fraction of sp³-hybridized carbons (Fsp3) is 0.583. The number of carbonyl (C=O) groups excluding carboxylic acids is 1. The van der Waals surface area contributed by atoms with Gasteiger partial charge in [0.05, 0.1) is 15.3 Å². The fourth-order valence-corrected chi connectivity index (χ4v) is 4.15. The van der Waals surface area contributed by atoms with E-state index in [1.807, 2.05) is 11.0 Å². The number of nitrogens with zero attached hydrogens (tertiary/aromatic N) is 2. The van der Waals surface area contributed by atoms with Gasteiger partial charge in [-0.2, -0.15) is 0 Å². The van der Waals surface area contributed by atoms with Gasteiger partial charge in [0.2, 0.25) is 0 Å². The van der Waals surface area contributed by atoms with Crippen molar-refractivity contribution in [3.63, 3.8) is 0 Å². The monoisotopic (exact) mass is 410 g/mol. The first kappa shape index (κ1) is 15.4. The Labute approximate surface area is 133 Å². The molecule has 1 amide bonds. The lowest BCUT2D eigenvalue weighted by molar-refractivity contribution is 0.0765. The fourth-order valence-electron chi connectivity index (χ4n) is 2.15. The van der Waals surface area contributed by atoms with E-state index in [-0.39, 0.29) is 12.5 Å². The summed E-state index contributed by atoms with van der Waals surface area (Å²) in [6.45, 7) is 4.17. The number of halogens is 2. The summed E-state index contributed by atoms with van der Waals surface area (Å²) in [4.78, 5) is 17.3. The number of β-amino-alcohol motifs (C(OH)–C–C–N with tert-alkyl or cyclic N) is 1. The molecule has 0 atom stereocenters. The van der Waals surface area contributed by atoms with Crippen LogP contribution in [0.25, 0.3) is 0 Å². The molecule has 0 aliphatic carbocycles. The summed E-state index contributed by atoms with van der Waals surface area (Å²) in [7, 11) is 0. The summed E-state index contributed by atoms with van der Waals surface area (Å²) in [6, 6.07) is 1.87. The minimum Gasteiger partial charge on any atom is -0.395 e. The van der Waals surface area contributed by atoms with E-state index in [1.54, 1.807) is 0 Å². The second-order valence-corrected chi connectivity index (χ2v) is 7.67. The first-order valence-electron chi connectivity index (χ1n) is 6.19. The molecule has 2 rings (SSSR count). The van der Waals surface area contributed by atoms with Crippen molar-refractivity contribution in [1.82, 2.24) is 9.80 Å². The van der Waals surface area contributed by atoms with E-state index in [2.05, 4.69) is 36.8 Å². The Morgan fingerprint density at radius 1 is 1.32 bits per heavy atom. The lowest BCUT2D eigenvalue weighted by atomic mass is 10.3. The third-order valence-corrected chi connectivity index (χ3v) is 6.39. The van der Waals surface area contributed by atoms with Crippen LogP contribution in [0.3, 0.4) is 0 Å². The topological polar surface area (TPSA) is 43.8 Å². The van der Waals surface area contributed by atoms with Crippen LogP contribution in [0.5, 0.6) is 0 Å². The minimum atomic E-state index is 0.0993. The van der Waals surface area contributed by atoms with E-state index in [4.69, 9.17) is 5.11 Å². The third kappa shape index (κ3) is 4.01. The highest BCUT2D eigenvalue weighted by atomic mass is 79.9. The molecule has 1 N–H and O–H groups in total. The van der Waals surface area contributed by atoms with Gasteiger partial charge in [0.15, 0.2) is 0 Å². The number of amides is 1. The van der Waals surface area contributed by atoms with Crippen LogP contribution in [-0.4, -0.2) is 60.1 Å². The minimum absolute atomic E-state index is 0.0993. The van der Waals surface area contributed by atoms with Gasteiger partial charge in [-0.25, -0.2) is 0 Å². The van der Waals surface area contributed by atoms with Gasteiger partial charge in [-0.1, -0.05) is 0 Å². The summed E-state index contributed by atoms with van der Waals surface area (Å²) in [6.07, 6.45) is 0.958. The number of carbonyl (C=O) groups is 1. The van der Waals surface area contributed by atoms with Crippen molar-refractivity contribution in [2.24, 2.45) is 0 Å². The lowest BCUT2D eigenvalue weighted by Gasteiger charge is -2.20. The van der Waals surface area contributed by atoms with E-state index < -0.39 is 0 Å². The van der Waals surface area contributed by atoms with Gasteiger partial charge in [0, 0.05) is 30.7 Å². The van der Waals surface area contributed by atoms with Gasteiger partial charge in [0.25, 0.3) is 5.91 Å². The largest absolute Gasteiger partial charge is 0.395 e. The van der Waals surface area contributed by atoms with Crippen LogP contribution in [0.1, 0.15) is 16.1 Å². The SMILES string of the molecule is O=C(c1cc(Br)c(Br)s1)N1CCCN(CCO)CC1. The van der Waals surface area contributed by atoms with Gasteiger partial charge >= 0.3 is 0 Å². The van der Waals surface area contributed by atoms with Gasteiger partial charge in [-0.05, 0) is 50.9 Å². The van der Waals surface area contributed by atoms with E-state index >= 15 is 0 Å². The van der Waals surface area contributed by atoms with E-state index in [9.17, 15) is 4.79 Å². The molecule has 7 heteroatoms. The van der Waals surface area contributed by atoms with Crippen LogP contribution in [-0.2, 0) is 0 Å². The smallest absolute Gasteiger partial charge is 0.264 e. The van der Waals surface area contributed by atoms with Gasteiger partial charge in [-0.15, -0.1) is 11.3 Å². The second-order valence-electron chi connectivity index (χ2n) is 4.44. The molecule has 1 saturated heterocycles. The Morgan fingerprint density at radius 2 is 2.11 bits per heavy atom. The number of aliphatic hydroxyl groups is 1. The molecule has 0 aromatic carbocycles. The highest BCUT2D eigenvalue weighted by Crippen LogP contribution is 2.33. The number of aliphatic hydroxyl groups excluding tert-OH is 1. The molecule has 1 aromatic heterocycles. The predicted octanol–water partition coefficient (Wildman–Crippen LogP) is 2.41. The maximum Gasteiger partial charge on any atom is 0.264 e. The highest BCUT2D eigenvalue weighted by molar-refractivity contribution is 9.13. The number of thiophene rings is 1. The summed E-state index contributed by atoms with van der Waals surface area (Å²) < 4.78 is 1.88. The Balaban J connectivity index is 1.99. The molecule has 4 nitrogen and oxygen atoms in total. The number of hydrogen-bond donors (Lipinski definition) is 1. The molecular weight excluding hydrogens is 396 g/mol. The second kappa shape index (κ2) is 7.17. The maximum absolute atomic E-state index is 12.4. The van der Waals surface area contributed by atoms with Crippen molar-refractivity contribution in [2.45, 2.75) is 6.42 Å². The zero-order chi connectivity index (χ0) is 13.8. The molecule has 1 aliphatic heterocycles. The van der Waals surface area contributed by atoms with Crippen molar-refractivity contribution in [3.05, 3.63) is 19.2 Å². The molecule has 1 fully saturated rings. The maximum atomic E-state index is 12.4. The molecule has 2 heterocycles. The number of rotatable bonds is 3. The average Bonchev–Trinajstić information content (AvgIpc) is 2.61. The standard InChI is InChI=1S/C12H16Br2N2O2S/c13-9-8-10(19-11(9)14)12(18)16-3-1-2-15(4-5-16)6-7-17/h8,17H,1-7H2. The molecule has 0 saturated carbocycles. The molecule has 106 valence electrons. The Hall–Kier alpha value is 0.0500. The van der Waals surface area contributed by atoms with Gasteiger partial charge in [-0.3, -0.25) is 9.69 Å². The van der Waals surface area contributed by atoms with Crippen LogP contribution < -0.4 is 0 Å². The van der Waals surface area contributed by atoms with Crippen molar-refractivity contribution in [2.75, 3.05) is 39.3 Å². The molecule has 1 aromatic rings. The predicted molar refractivity (Wildman–Crippen MR) is 83.8 cm³/mol. The zero-order valence-corrected chi connectivity index (χ0v) is 14.4. The van der Waals surface area contributed by atoms with Crippen LogP contribution in [0.2, 0.25) is 0 Å². The first-order valence-corrected chi connectivity index (χ1v) is 8.59. The summed E-state index contributed by atoms with van der Waals surface area (Å²) in [5.74, 6) is 0.0993. The molecule has 1 aliphatic rings. The normalized spacial score (nSPS) is 17.5.